The van der Waals surface area contributed by atoms with Crippen LogP contribution >= 0.6 is 0 Å². The van der Waals surface area contributed by atoms with Gasteiger partial charge in [0.05, 0.1) is 5.69 Å². The Morgan fingerprint density at radius 1 is 1.25 bits per heavy atom. The number of hydrogen-bond acceptors (Lipinski definition) is 7. The van der Waals surface area contributed by atoms with E-state index in [2.05, 4.69) is 41.3 Å². The SMILES string of the molecule is Cc1nc2cc(O)c(-c3ccc(N4CC(NC(C)(C)C)CC4=O)nn3)cc2o1. The molecule has 1 aliphatic heterocycles. The van der Waals surface area contributed by atoms with Crippen LogP contribution in [0.15, 0.2) is 28.7 Å². The van der Waals surface area contributed by atoms with Crippen LogP contribution in [0.5, 0.6) is 5.75 Å². The van der Waals surface area contributed by atoms with Crippen LogP contribution in [-0.4, -0.2) is 44.3 Å². The summed E-state index contributed by atoms with van der Waals surface area (Å²) in [6, 6.07) is 6.80. The van der Waals surface area contributed by atoms with Crippen LogP contribution in [0.2, 0.25) is 0 Å². The predicted octanol–water partition coefficient (Wildman–Crippen LogP) is 2.79. The number of amides is 1. The maximum absolute atomic E-state index is 12.4. The maximum Gasteiger partial charge on any atom is 0.229 e. The van der Waals surface area contributed by atoms with Crippen LogP contribution < -0.4 is 10.2 Å². The second-order valence-corrected chi connectivity index (χ2v) is 8.15. The molecule has 0 bridgehead atoms. The quantitative estimate of drug-likeness (QED) is 0.719. The minimum Gasteiger partial charge on any atom is -0.507 e. The van der Waals surface area contributed by atoms with Crippen LogP contribution in [0.3, 0.4) is 0 Å². The summed E-state index contributed by atoms with van der Waals surface area (Å²) in [7, 11) is 0. The number of carbonyl (C=O) groups excluding carboxylic acids is 1. The van der Waals surface area contributed by atoms with Crippen LogP contribution in [0.1, 0.15) is 33.1 Å². The lowest BCUT2D eigenvalue weighted by Crippen LogP contribution is -2.45. The summed E-state index contributed by atoms with van der Waals surface area (Å²) >= 11 is 0. The lowest BCUT2D eigenvalue weighted by molar-refractivity contribution is -0.117. The number of oxazole rings is 1. The van der Waals surface area contributed by atoms with E-state index in [0.717, 1.165) is 0 Å². The molecule has 4 rings (SSSR count). The number of anilines is 1. The van der Waals surface area contributed by atoms with Gasteiger partial charge in [-0.15, -0.1) is 10.2 Å². The summed E-state index contributed by atoms with van der Waals surface area (Å²) in [5.74, 6) is 1.10. The van der Waals surface area contributed by atoms with Gasteiger partial charge in [0.15, 0.2) is 17.3 Å². The summed E-state index contributed by atoms with van der Waals surface area (Å²) in [4.78, 5) is 18.2. The zero-order chi connectivity index (χ0) is 20.1. The minimum atomic E-state index is -0.0638. The molecule has 1 fully saturated rings. The van der Waals surface area contributed by atoms with Gasteiger partial charge in [-0.1, -0.05) is 0 Å². The second kappa shape index (κ2) is 6.56. The fourth-order valence-electron chi connectivity index (χ4n) is 3.53. The highest BCUT2D eigenvalue weighted by molar-refractivity contribution is 5.95. The number of hydrogen-bond donors (Lipinski definition) is 2. The number of aromatic hydroxyl groups is 1. The molecular weight excluding hydrogens is 358 g/mol. The molecule has 0 radical (unpaired) electrons. The highest BCUT2D eigenvalue weighted by Crippen LogP contribution is 2.33. The molecule has 2 N–H and O–H groups in total. The number of aromatic nitrogens is 3. The molecule has 8 nitrogen and oxygen atoms in total. The van der Waals surface area contributed by atoms with Crippen LogP contribution in [0.25, 0.3) is 22.4 Å². The lowest BCUT2D eigenvalue weighted by Gasteiger charge is -2.25. The molecule has 146 valence electrons. The first-order valence-corrected chi connectivity index (χ1v) is 9.22. The molecular formula is C20H23N5O3. The summed E-state index contributed by atoms with van der Waals surface area (Å²) < 4.78 is 5.53. The molecule has 1 aliphatic rings. The average Bonchev–Trinajstić information content (AvgIpc) is 3.13. The first kappa shape index (κ1) is 18.4. The molecule has 8 heteroatoms. The van der Waals surface area contributed by atoms with Crippen LogP contribution in [0.4, 0.5) is 5.82 Å². The Morgan fingerprint density at radius 3 is 2.71 bits per heavy atom. The van der Waals surface area contributed by atoms with Gasteiger partial charge in [-0.2, -0.15) is 0 Å². The monoisotopic (exact) mass is 381 g/mol. The normalized spacial score (nSPS) is 17.6. The topological polar surface area (TPSA) is 104 Å². The van der Waals surface area contributed by atoms with E-state index in [4.69, 9.17) is 4.42 Å². The number of fused-ring (bicyclic) bond motifs is 1. The first-order chi connectivity index (χ1) is 13.2. The third-order valence-electron chi connectivity index (χ3n) is 4.58. The Labute approximate surface area is 162 Å². The van der Waals surface area contributed by atoms with E-state index in [-0.39, 0.29) is 23.2 Å². The van der Waals surface area contributed by atoms with Gasteiger partial charge in [-0.05, 0) is 39.0 Å². The number of phenols is 1. The molecule has 1 amide bonds. The van der Waals surface area contributed by atoms with Gasteiger partial charge in [-0.3, -0.25) is 9.69 Å². The predicted molar refractivity (Wildman–Crippen MR) is 105 cm³/mol. The Hall–Kier alpha value is -3.00. The van der Waals surface area contributed by atoms with Crippen molar-refractivity contribution in [1.82, 2.24) is 20.5 Å². The summed E-state index contributed by atoms with van der Waals surface area (Å²) in [6.45, 7) is 8.54. The van der Waals surface area contributed by atoms with Crippen molar-refractivity contribution in [1.29, 1.82) is 0 Å². The van der Waals surface area contributed by atoms with Gasteiger partial charge in [-0.25, -0.2) is 4.98 Å². The Kier molecular flexibility index (Phi) is 4.30. The van der Waals surface area contributed by atoms with E-state index in [0.29, 0.717) is 47.0 Å². The van der Waals surface area contributed by atoms with Crippen molar-refractivity contribution in [3.63, 3.8) is 0 Å². The number of carbonyl (C=O) groups is 1. The standard InChI is InChI=1S/C20H23N5O3/c1-11-21-15-9-16(26)13(8-17(15)28-11)14-5-6-18(24-23-14)25-10-12(7-19(25)27)22-20(2,3)4/h5-6,8-9,12,22,26H,7,10H2,1-4H3. The second-order valence-electron chi connectivity index (χ2n) is 8.15. The number of aryl methyl sites for hydroxylation is 1. The molecule has 1 aromatic carbocycles. The van der Waals surface area contributed by atoms with Gasteiger partial charge in [0.1, 0.15) is 11.3 Å². The number of nitrogens with zero attached hydrogens (tertiary/aromatic N) is 4. The molecule has 3 heterocycles. The van der Waals surface area contributed by atoms with E-state index >= 15 is 0 Å². The van der Waals surface area contributed by atoms with Gasteiger partial charge >= 0.3 is 0 Å². The van der Waals surface area contributed by atoms with Crippen molar-refractivity contribution in [3.8, 4) is 17.0 Å². The van der Waals surface area contributed by atoms with E-state index < -0.39 is 0 Å². The molecule has 0 spiro atoms. The van der Waals surface area contributed by atoms with Crippen molar-refractivity contribution in [2.45, 2.75) is 45.7 Å². The summed E-state index contributed by atoms with van der Waals surface area (Å²) in [5.41, 5.74) is 2.09. The van der Waals surface area contributed by atoms with E-state index in [9.17, 15) is 9.90 Å². The molecule has 1 saturated heterocycles. The Balaban J connectivity index is 1.58. The maximum atomic E-state index is 12.4. The fourth-order valence-corrected chi connectivity index (χ4v) is 3.53. The lowest BCUT2D eigenvalue weighted by atomic mass is 10.1. The highest BCUT2D eigenvalue weighted by atomic mass is 16.3. The molecule has 28 heavy (non-hydrogen) atoms. The highest BCUT2D eigenvalue weighted by Gasteiger charge is 2.33. The van der Waals surface area contributed by atoms with Gasteiger partial charge in [0.25, 0.3) is 0 Å². The van der Waals surface area contributed by atoms with Crippen molar-refractivity contribution < 1.29 is 14.3 Å². The Bertz CT molecular complexity index is 1040. The van der Waals surface area contributed by atoms with E-state index in [1.807, 2.05) is 0 Å². The number of benzene rings is 1. The number of rotatable bonds is 3. The first-order valence-electron chi connectivity index (χ1n) is 9.22. The minimum absolute atomic E-state index is 0.0187. The van der Waals surface area contributed by atoms with E-state index in [1.165, 1.54) is 0 Å². The zero-order valence-electron chi connectivity index (χ0n) is 16.4. The largest absolute Gasteiger partial charge is 0.507 e. The number of nitrogens with one attached hydrogen (secondary N) is 1. The summed E-state index contributed by atoms with van der Waals surface area (Å²) in [6.07, 6.45) is 0.434. The summed E-state index contributed by atoms with van der Waals surface area (Å²) in [5, 5.41) is 22.2. The zero-order valence-corrected chi connectivity index (χ0v) is 16.4. The molecule has 3 aromatic rings. The van der Waals surface area contributed by atoms with Crippen molar-refractivity contribution in [2.24, 2.45) is 0 Å². The van der Waals surface area contributed by atoms with Gasteiger partial charge in [0, 0.05) is 43.1 Å². The average molecular weight is 381 g/mol. The smallest absolute Gasteiger partial charge is 0.229 e. The fraction of sp³-hybridized carbons (Fsp3) is 0.400. The third-order valence-corrected chi connectivity index (χ3v) is 4.58. The van der Waals surface area contributed by atoms with Crippen LogP contribution in [-0.2, 0) is 4.79 Å². The molecule has 0 aliphatic carbocycles. The Morgan fingerprint density at radius 2 is 2.04 bits per heavy atom. The molecule has 1 atom stereocenters. The van der Waals surface area contributed by atoms with Crippen LogP contribution in [0, 0.1) is 6.92 Å². The number of phenolic OH excluding ortho intramolecular Hbond substituents is 1. The van der Waals surface area contributed by atoms with Crippen molar-refractivity contribution in [2.75, 3.05) is 11.4 Å². The molecule has 0 saturated carbocycles. The third kappa shape index (κ3) is 3.55. The molecule has 1 unspecified atom stereocenters. The van der Waals surface area contributed by atoms with Crippen molar-refractivity contribution in [3.05, 3.63) is 30.2 Å². The van der Waals surface area contributed by atoms with E-state index in [1.54, 1.807) is 36.1 Å². The van der Waals surface area contributed by atoms with Crippen molar-refractivity contribution >= 4 is 22.8 Å². The molecule has 2 aromatic heterocycles. The van der Waals surface area contributed by atoms with Gasteiger partial charge in [0.2, 0.25) is 5.91 Å². The van der Waals surface area contributed by atoms with Gasteiger partial charge < -0.3 is 14.8 Å².